The van der Waals surface area contributed by atoms with Crippen molar-refractivity contribution < 1.29 is 19.1 Å². The molecule has 0 fully saturated rings. The van der Waals surface area contributed by atoms with Crippen LogP contribution in [0.4, 0.5) is 0 Å². The van der Waals surface area contributed by atoms with Crippen LogP contribution in [0.5, 0.6) is 5.75 Å². The molecule has 0 aromatic heterocycles. The SMILES string of the molecule is COC(=O)c1ccc(CCNC(=O)CCOc2cccc(Cl)c2)cc1. The summed E-state index contributed by atoms with van der Waals surface area (Å²) in [5, 5.41) is 3.44. The molecule has 5 nitrogen and oxygen atoms in total. The van der Waals surface area contributed by atoms with Crippen molar-refractivity contribution in [3.8, 4) is 5.75 Å². The van der Waals surface area contributed by atoms with Crippen molar-refractivity contribution in [1.29, 1.82) is 0 Å². The van der Waals surface area contributed by atoms with Gasteiger partial charge in [-0.05, 0) is 42.3 Å². The Morgan fingerprint density at radius 3 is 2.56 bits per heavy atom. The van der Waals surface area contributed by atoms with Crippen molar-refractivity contribution in [2.45, 2.75) is 12.8 Å². The first-order valence-electron chi connectivity index (χ1n) is 7.91. The molecule has 1 N–H and O–H groups in total. The van der Waals surface area contributed by atoms with Crippen LogP contribution in [0.25, 0.3) is 0 Å². The molecule has 0 saturated carbocycles. The van der Waals surface area contributed by atoms with Crippen LogP contribution in [0, 0.1) is 0 Å². The molecular weight excluding hydrogens is 342 g/mol. The minimum absolute atomic E-state index is 0.0757. The van der Waals surface area contributed by atoms with Gasteiger partial charge in [0.2, 0.25) is 5.91 Å². The number of hydrogen-bond donors (Lipinski definition) is 1. The van der Waals surface area contributed by atoms with Gasteiger partial charge in [-0.25, -0.2) is 4.79 Å². The van der Waals surface area contributed by atoms with E-state index in [0.717, 1.165) is 5.56 Å². The van der Waals surface area contributed by atoms with E-state index in [2.05, 4.69) is 10.1 Å². The average Bonchev–Trinajstić information content (AvgIpc) is 2.62. The van der Waals surface area contributed by atoms with Gasteiger partial charge in [0, 0.05) is 11.6 Å². The smallest absolute Gasteiger partial charge is 0.337 e. The topological polar surface area (TPSA) is 64.6 Å². The van der Waals surface area contributed by atoms with Gasteiger partial charge in [-0.1, -0.05) is 29.8 Å². The van der Waals surface area contributed by atoms with Crippen molar-refractivity contribution in [2.75, 3.05) is 20.3 Å². The lowest BCUT2D eigenvalue weighted by atomic mass is 10.1. The van der Waals surface area contributed by atoms with Gasteiger partial charge in [0.15, 0.2) is 0 Å². The van der Waals surface area contributed by atoms with E-state index < -0.39 is 0 Å². The Morgan fingerprint density at radius 1 is 1.12 bits per heavy atom. The normalized spacial score (nSPS) is 10.2. The van der Waals surface area contributed by atoms with E-state index in [9.17, 15) is 9.59 Å². The van der Waals surface area contributed by atoms with Crippen LogP contribution >= 0.6 is 11.6 Å². The van der Waals surface area contributed by atoms with E-state index in [1.807, 2.05) is 12.1 Å². The maximum atomic E-state index is 11.8. The van der Waals surface area contributed by atoms with Crippen LogP contribution in [0.2, 0.25) is 5.02 Å². The van der Waals surface area contributed by atoms with Gasteiger partial charge in [0.05, 0.1) is 25.7 Å². The van der Waals surface area contributed by atoms with Crippen molar-refractivity contribution in [3.63, 3.8) is 0 Å². The van der Waals surface area contributed by atoms with E-state index in [1.54, 1.807) is 36.4 Å². The number of rotatable bonds is 8. The van der Waals surface area contributed by atoms with Gasteiger partial charge in [-0.15, -0.1) is 0 Å². The lowest BCUT2D eigenvalue weighted by Crippen LogP contribution is -2.27. The first-order valence-corrected chi connectivity index (χ1v) is 8.28. The zero-order valence-corrected chi connectivity index (χ0v) is 14.7. The predicted molar refractivity (Wildman–Crippen MR) is 96.1 cm³/mol. The fraction of sp³-hybridized carbons (Fsp3) is 0.263. The summed E-state index contributed by atoms with van der Waals surface area (Å²) in [5.74, 6) is 0.207. The van der Waals surface area contributed by atoms with Crippen molar-refractivity contribution in [1.82, 2.24) is 5.32 Å². The van der Waals surface area contributed by atoms with Crippen LogP contribution in [-0.2, 0) is 16.0 Å². The average molecular weight is 362 g/mol. The van der Waals surface area contributed by atoms with Gasteiger partial charge in [0.1, 0.15) is 5.75 Å². The number of halogens is 1. The Bertz CT molecular complexity index is 716. The summed E-state index contributed by atoms with van der Waals surface area (Å²) < 4.78 is 10.1. The second-order valence-corrected chi connectivity index (χ2v) is 5.78. The highest BCUT2D eigenvalue weighted by Gasteiger charge is 2.05. The number of nitrogens with one attached hydrogen (secondary N) is 1. The van der Waals surface area contributed by atoms with E-state index >= 15 is 0 Å². The lowest BCUT2D eigenvalue weighted by molar-refractivity contribution is -0.121. The van der Waals surface area contributed by atoms with Crippen LogP contribution in [0.1, 0.15) is 22.3 Å². The Hall–Kier alpha value is -2.53. The van der Waals surface area contributed by atoms with Gasteiger partial charge in [-0.3, -0.25) is 4.79 Å². The Balaban J connectivity index is 1.65. The molecule has 0 aliphatic carbocycles. The van der Waals surface area contributed by atoms with Gasteiger partial charge in [-0.2, -0.15) is 0 Å². The number of hydrogen-bond acceptors (Lipinski definition) is 4. The molecule has 2 rings (SSSR count). The molecule has 6 heteroatoms. The Kier molecular flexibility index (Phi) is 7.29. The first kappa shape index (κ1) is 18.8. The number of ether oxygens (including phenoxy) is 2. The number of benzene rings is 2. The molecular formula is C19H20ClNO4. The largest absolute Gasteiger partial charge is 0.493 e. The minimum atomic E-state index is -0.362. The highest BCUT2D eigenvalue weighted by atomic mass is 35.5. The fourth-order valence-electron chi connectivity index (χ4n) is 2.18. The van der Waals surface area contributed by atoms with Crippen molar-refractivity contribution in [3.05, 3.63) is 64.7 Å². The van der Waals surface area contributed by atoms with E-state index in [4.69, 9.17) is 16.3 Å². The molecule has 132 valence electrons. The lowest BCUT2D eigenvalue weighted by Gasteiger charge is -2.08. The minimum Gasteiger partial charge on any atom is -0.493 e. The second-order valence-electron chi connectivity index (χ2n) is 5.34. The Morgan fingerprint density at radius 2 is 1.88 bits per heavy atom. The molecule has 25 heavy (non-hydrogen) atoms. The molecule has 0 aliphatic rings. The van der Waals surface area contributed by atoms with Crippen LogP contribution < -0.4 is 10.1 Å². The summed E-state index contributed by atoms with van der Waals surface area (Å²) in [6.45, 7) is 0.813. The van der Waals surface area contributed by atoms with Gasteiger partial charge in [0.25, 0.3) is 0 Å². The molecule has 0 aliphatic heterocycles. The number of amides is 1. The molecule has 0 spiro atoms. The van der Waals surface area contributed by atoms with Gasteiger partial charge < -0.3 is 14.8 Å². The molecule has 0 unspecified atom stereocenters. The Labute approximate surface area is 151 Å². The predicted octanol–water partition coefficient (Wildman–Crippen LogP) is 3.25. The molecule has 0 radical (unpaired) electrons. The van der Waals surface area contributed by atoms with E-state index in [-0.39, 0.29) is 18.3 Å². The first-order chi connectivity index (χ1) is 12.1. The fourth-order valence-corrected chi connectivity index (χ4v) is 2.36. The quantitative estimate of drug-likeness (QED) is 0.733. The van der Waals surface area contributed by atoms with Crippen LogP contribution in [0.3, 0.4) is 0 Å². The van der Waals surface area contributed by atoms with Gasteiger partial charge >= 0.3 is 5.97 Å². The standard InChI is InChI=1S/C19H20ClNO4/c1-24-19(23)15-7-5-14(6-8-15)9-11-21-18(22)10-12-25-17-4-2-3-16(20)13-17/h2-8,13H,9-12H2,1H3,(H,21,22). The van der Waals surface area contributed by atoms with Crippen molar-refractivity contribution >= 4 is 23.5 Å². The molecule has 0 bridgehead atoms. The van der Waals surface area contributed by atoms with E-state index in [0.29, 0.717) is 35.9 Å². The molecule has 1 amide bonds. The third-order valence-corrected chi connectivity index (χ3v) is 3.74. The monoisotopic (exact) mass is 361 g/mol. The molecule has 0 atom stereocenters. The van der Waals surface area contributed by atoms with E-state index in [1.165, 1.54) is 7.11 Å². The molecule has 2 aromatic rings. The molecule has 0 heterocycles. The maximum Gasteiger partial charge on any atom is 0.337 e. The number of esters is 1. The molecule has 0 saturated heterocycles. The zero-order valence-electron chi connectivity index (χ0n) is 14.0. The summed E-state index contributed by atoms with van der Waals surface area (Å²) >= 11 is 5.86. The second kappa shape index (κ2) is 9.69. The third kappa shape index (κ3) is 6.47. The highest BCUT2D eigenvalue weighted by Crippen LogP contribution is 2.17. The highest BCUT2D eigenvalue weighted by molar-refractivity contribution is 6.30. The molecule has 2 aromatic carbocycles. The van der Waals surface area contributed by atoms with Crippen LogP contribution in [-0.4, -0.2) is 32.1 Å². The summed E-state index contributed by atoms with van der Waals surface area (Å²) in [4.78, 5) is 23.1. The third-order valence-electron chi connectivity index (χ3n) is 3.50. The van der Waals surface area contributed by atoms with Crippen LogP contribution in [0.15, 0.2) is 48.5 Å². The summed E-state index contributed by atoms with van der Waals surface area (Å²) in [6.07, 6.45) is 0.954. The maximum absolute atomic E-state index is 11.8. The number of carbonyl (C=O) groups excluding carboxylic acids is 2. The number of carbonyl (C=O) groups is 2. The summed E-state index contributed by atoms with van der Waals surface area (Å²) in [5.41, 5.74) is 1.54. The zero-order chi connectivity index (χ0) is 18.1. The number of methoxy groups -OCH3 is 1. The summed E-state index contributed by atoms with van der Waals surface area (Å²) in [7, 11) is 1.35. The summed E-state index contributed by atoms with van der Waals surface area (Å²) in [6, 6.07) is 14.2. The van der Waals surface area contributed by atoms with Crippen molar-refractivity contribution in [2.24, 2.45) is 0 Å².